The SMILES string of the molecule is CON(C)C(=O)Nc1ccccc1C#N. The van der Waals surface area contributed by atoms with Gasteiger partial charge in [-0.25, -0.2) is 9.86 Å². The molecule has 1 aromatic carbocycles. The number of benzene rings is 1. The Morgan fingerprint density at radius 3 is 2.80 bits per heavy atom. The van der Waals surface area contributed by atoms with Crippen LogP contribution in [0.2, 0.25) is 0 Å². The first-order chi connectivity index (χ1) is 7.19. The monoisotopic (exact) mass is 205 g/mol. The van der Waals surface area contributed by atoms with Gasteiger partial charge in [0.1, 0.15) is 6.07 Å². The van der Waals surface area contributed by atoms with Crippen LogP contribution in [0.5, 0.6) is 0 Å². The summed E-state index contributed by atoms with van der Waals surface area (Å²) in [5.74, 6) is 0. The first-order valence-electron chi connectivity index (χ1n) is 4.27. The molecule has 2 amide bonds. The Kier molecular flexibility index (Phi) is 3.66. The number of para-hydroxylation sites is 1. The van der Waals surface area contributed by atoms with E-state index in [2.05, 4.69) is 5.32 Å². The van der Waals surface area contributed by atoms with Crippen molar-refractivity contribution >= 4 is 11.7 Å². The third-order valence-electron chi connectivity index (χ3n) is 1.85. The van der Waals surface area contributed by atoms with Crippen molar-refractivity contribution in [1.29, 1.82) is 5.26 Å². The van der Waals surface area contributed by atoms with Crippen LogP contribution in [0.1, 0.15) is 5.56 Å². The molecule has 0 spiro atoms. The minimum Gasteiger partial charge on any atom is -0.305 e. The van der Waals surface area contributed by atoms with Gasteiger partial charge in [-0.1, -0.05) is 12.1 Å². The van der Waals surface area contributed by atoms with Crippen LogP contribution in [-0.4, -0.2) is 25.3 Å². The van der Waals surface area contributed by atoms with Gasteiger partial charge >= 0.3 is 6.03 Å². The largest absolute Gasteiger partial charge is 0.345 e. The maximum atomic E-state index is 11.4. The zero-order valence-electron chi connectivity index (χ0n) is 8.52. The molecule has 0 aromatic heterocycles. The van der Waals surface area contributed by atoms with Gasteiger partial charge in [-0.3, -0.25) is 4.84 Å². The normalized spacial score (nSPS) is 9.13. The van der Waals surface area contributed by atoms with E-state index in [9.17, 15) is 4.79 Å². The molecule has 5 nitrogen and oxygen atoms in total. The molecule has 0 unspecified atom stereocenters. The van der Waals surface area contributed by atoms with E-state index in [1.165, 1.54) is 14.2 Å². The van der Waals surface area contributed by atoms with E-state index < -0.39 is 6.03 Å². The molecule has 15 heavy (non-hydrogen) atoms. The van der Waals surface area contributed by atoms with E-state index in [-0.39, 0.29) is 0 Å². The molecular weight excluding hydrogens is 194 g/mol. The van der Waals surface area contributed by atoms with Crippen molar-refractivity contribution in [2.24, 2.45) is 0 Å². The number of hydrogen-bond acceptors (Lipinski definition) is 3. The van der Waals surface area contributed by atoms with Crippen LogP contribution in [-0.2, 0) is 4.84 Å². The number of carbonyl (C=O) groups is 1. The third-order valence-corrected chi connectivity index (χ3v) is 1.85. The fourth-order valence-electron chi connectivity index (χ4n) is 0.966. The van der Waals surface area contributed by atoms with Crippen molar-refractivity contribution < 1.29 is 9.63 Å². The van der Waals surface area contributed by atoms with Gasteiger partial charge in [-0.15, -0.1) is 0 Å². The van der Waals surface area contributed by atoms with Crippen LogP contribution in [0.3, 0.4) is 0 Å². The Bertz CT molecular complexity index is 398. The average molecular weight is 205 g/mol. The molecule has 1 rings (SSSR count). The Hall–Kier alpha value is -2.06. The number of amides is 2. The number of carbonyl (C=O) groups excluding carboxylic acids is 1. The van der Waals surface area contributed by atoms with Crippen molar-refractivity contribution in [3.8, 4) is 6.07 Å². The topological polar surface area (TPSA) is 65.4 Å². The number of anilines is 1. The summed E-state index contributed by atoms with van der Waals surface area (Å²) in [6.07, 6.45) is 0. The summed E-state index contributed by atoms with van der Waals surface area (Å²) in [5, 5.41) is 12.4. The van der Waals surface area contributed by atoms with Crippen LogP contribution in [0.15, 0.2) is 24.3 Å². The van der Waals surface area contributed by atoms with Crippen molar-refractivity contribution in [2.75, 3.05) is 19.5 Å². The lowest BCUT2D eigenvalue weighted by molar-refractivity contribution is -0.0598. The highest BCUT2D eigenvalue weighted by molar-refractivity contribution is 5.89. The molecule has 0 radical (unpaired) electrons. The molecule has 0 heterocycles. The van der Waals surface area contributed by atoms with Crippen molar-refractivity contribution in [2.45, 2.75) is 0 Å². The zero-order chi connectivity index (χ0) is 11.3. The van der Waals surface area contributed by atoms with Gasteiger partial charge < -0.3 is 5.32 Å². The first kappa shape index (κ1) is 11.0. The highest BCUT2D eigenvalue weighted by atomic mass is 16.7. The molecule has 0 fully saturated rings. The van der Waals surface area contributed by atoms with Crippen LogP contribution in [0.25, 0.3) is 0 Å². The van der Waals surface area contributed by atoms with Gasteiger partial charge in [0, 0.05) is 7.05 Å². The molecule has 1 aromatic rings. The van der Waals surface area contributed by atoms with E-state index in [4.69, 9.17) is 10.1 Å². The quantitative estimate of drug-likeness (QED) is 0.745. The average Bonchev–Trinajstić information content (AvgIpc) is 2.28. The van der Waals surface area contributed by atoms with Crippen molar-refractivity contribution in [1.82, 2.24) is 5.06 Å². The summed E-state index contributed by atoms with van der Waals surface area (Å²) in [6, 6.07) is 8.30. The van der Waals surface area contributed by atoms with E-state index in [0.717, 1.165) is 5.06 Å². The fourth-order valence-corrected chi connectivity index (χ4v) is 0.966. The number of rotatable bonds is 2. The number of nitriles is 1. The van der Waals surface area contributed by atoms with E-state index in [1.54, 1.807) is 24.3 Å². The summed E-state index contributed by atoms with van der Waals surface area (Å²) in [6.45, 7) is 0. The van der Waals surface area contributed by atoms with Crippen LogP contribution < -0.4 is 5.32 Å². The minimum absolute atomic E-state index is 0.412. The molecule has 0 aliphatic rings. The number of urea groups is 1. The summed E-state index contributed by atoms with van der Waals surface area (Å²) < 4.78 is 0. The maximum absolute atomic E-state index is 11.4. The maximum Gasteiger partial charge on any atom is 0.345 e. The number of hydrogen-bond donors (Lipinski definition) is 1. The highest BCUT2D eigenvalue weighted by Gasteiger charge is 2.09. The molecule has 1 N–H and O–H groups in total. The molecule has 0 aliphatic heterocycles. The van der Waals surface area contributed by atoms with Crippen molar-refractivity contribution in [3.63, 3.8) is 0 Å². The molecule has 0 saturated carbocycles. The Labute approximate surface area is 87.8 Å². The second-order valence-corrected chi connectivity index (χ2v) is 2.77. The highest BCUT2D eigenvalue weighted by Crippen LogP contribution is 2.13. The second kappa shape index (κ2) is 4.98. The summed E-state index contributed by atoms with van der Waals surface area (Å²) >= 11 is 0. The number of nitrogens with zero attached hydrogens (tertiary/aromatic N) is 2. The van der Waals surface area contributed by atoms with E-state index in [0.29, 0.717) is 11.3 Å². The predicted octanol–water partition coefficient (Wildman–Crippen LogP) is 1.58. The molecule has 0 atom stereocenters. The summed E-state index contributed by atoms with van der Waals surface area (Å²) in [5.41, 5.74) is 0.879. The summed E-state index contributed by atoms with van der Waals surface area (Å²) in [7, 11) is 2.86. The van der Waals surface area contributed by atoms with Crippen LogP contribution >= 0.6 is 0 Å². The van der Waals surface area contributed by atoms with Gasteiger partial charge in [0.25, 0.3) is 0 Å². The smallest absolute Gasteiger partial charge is 0.305 e. The van der Waals surface area contributed by atoms with Gasteiger partial charge in [0.15, 0.2) is 0 Å². The number of hydroxylamine groups is 2. The summed E-state index contributed by atoms with van der Waals surface area (Å²) in [4.78, 5) is 16.1. The standard InChI is InChI=1S/C10H11N3O2/c1-13(15-2)10(14)12-9-6-4-3-5-8(9)7-11/h3-6H,1-2H3,(H,12,14). The van der Waals surface area contributed by atoms with Crippen LogP contribution in [0.4, 0.5) is 10.5 Å². The Balaban J connectivity index is 2.81. The van der Waals surface area contributed by atoms with E-state index >= 15 is 0 Å². The fraction of sp³-hybridized carbons (Fsp3) is 0.200. The Morgan fingerprint density at radius 2 is 2.20 bits per heavy atom. The molecule has 0 bridgehead atoms. The molecular formula is C10H11N3O2. The minimum atomic E-state index is -0.430. The van der Waals surface area contributed by atoms with Gasteiger partial charge in [0.2, 0.25) is 0 Å². The van der Waals surface area contributed by atoms with E-state index in [1.807, 2.05) is 6.07 Å². The lowest BCUT2D eigenvalue weighted by Gasteiger charge is -2.14. The van der Waals surface area contributed by atoms with Crippen LogP contribution in [0, 0.1) is 11.3 Å². The lowest BCUT2D eigenvalue weighted by Crippen LogP contribution is -2.30. The molecule has 5 heteroatoms. The second-order valence-electron chi connectivity index (χ2n) is 2.77. The molecule has 0 aliphatic carbocycles. The van der Waals surface area contributed by atoms with Gasteiger partial charge in [-0.05, 0) is 12.1 Å². The first-order valence-corrected chi connectivity index (χ1v) is 4.27. The third kappa shape index (κ3) is 2.69. The lowest BCUT2D eigenvalue weighted by atomic mass is 10.2. The van der Waals surface area contributed by atoms with Crippen molar-refractivity contribution in [3.05, 3.63) is 29.8 Å². The zero-order valence-corrected chi connectivity index (χ0v) is 8.52. The van der Waals surface area contributed by atoms with Gasteiger partial charge in [0.05, 0.1) is 18.4 Å². The molecule has 0 saturated heterocycles. The molecule has 78 valence electrons. The van der Waals surface area contributed by atoms with Gasteiger partial charge in [-0.2, -0.15) is 5.26 Å². The Morgan fingerprint density at radius 1 is 1.53 bits per heavy atom. The number of nitrogens with one attached hydrogen (secondary N) is 1. The predicted molar refractivity (Wildman–Crippen MR) is 54.9 cm³/mol.